The van der Waals surface area contributed by atoms with Crippen LogP contribution in [0.25, 0.3) is 0 Å². The predicted octanol–water partition coefficient (Wildman–Crippen LogP) is 4.16. The Labute approximate surface area is 160 Å². The summed E-state index contributed by atoms with van der Waals surface area (Å²) in [4.78, 5) is 12.6. The van der Waals surface area contributed by atoms with Gasteiger partial charge in [0.1, 0.15) is 10.3 Å². The summed E-state index contributed by atoms with van der Waals surface area (Å²) in [7, 11) is -3.74. The molecule has 0 saturated carbocycles. The van der Waals surface area contributed by atoms with Crippen LogP contribution in [0.15, 0.2) is 34.5 Å². The van der Waals surface area contributed by atoms with Gasteiger partial charge in [-0.15, -0.1) is 11.3 Å². The van der Waals surface area contributed by atoms with Crippen LogP contribution in [-0.4, -0.2) is 31.2 Å². The number of carbonyl (C=O) groups is 1. The van der Waals surface area contributed by atoms with Crippen molar-refractivity contribution in [3.05, 3.63) is 45.3 Å². The maximum atomic E-state index is 12.8. The number of nitrogens with one attached hydrogen (secondary N) is 1. The van der Waals surface area contributed by atoms with Gasteiger partial charge in [0.25, 0.3) is 10.0 Å². The molecule has 0 aliphatic carbocycles. The van der Waals surface area contributed by atoms with Crippen molar-refractivity contribution in [3.63, 3.8) is 0 Å². The molecule has 1 atom stereocenters. The number of amides is 1. The molecule has 1 aromatic carbocycles. The summed E-state index contributed by atoms with van der Waals surface area (Å²) in [5, 5.41) is 3.30. The number of benzene rings is 1. The van der Waals surface area contributed by atoms with Gasteiger partial charge in [-0.1, -0.05) is 29.3 Å². The summed E-state index contributed by atoms with van der Waals surface area (Å²) < 4.78 is 27.4. The molecule has 9 heteroatoms. The zero-order chi connectivity index (χ0) is 18.2. The Balaban J connectivity index is 1.81. The Bertz CT molecular complexity index is 912. The van der Waals surface area contributed by atoms with Crippen LogP contribution in [0.4, 0.5) is 5.69 Å². The Morgan fingerprint density at radius 1 is 1.28 bits per heavy atom. The molecule has 0 radical (unpaired) electrons. The van der Waals surface area contributed by atoms with Gasteiger partial charge in [0.05, 0.1) is 4.34 Å². The second-order valence-corrected chi connectivity index (χ2v) is 10.0. The molecule has 0 bridgehead atoms. The summed E-state index contributed by atoms with van der Waals surface area (Å²) in [6.45, 7) is 2.18. The Morgan fingerprint density at radius 3 is 2.68 bits per heavy atom. The lowest BCUT2D eigenvalue weighted by Gasteiger charge is -2.22. The molecule has 3 rings (SSSR count). The smallest absolute Gasteiger partial charge is 0.253 e. The highest BCUT2D eigenvalue weighted by atomic mass is 35.5. The van der Waals surface area contributed by atoms with E-state index < -0.39 is 16.1 Å². The number of carbonyl (C=O) groups excluding carboxylic acids is 1. The summed E-state index contributed by atoms with van der Waals surface area (Å²) >= 11 is 12.9. The molecule has 0 spiro atoms. The predicted molar refractivity (Wildman–Crippen MR) is 101 cm³/mol. The highest BCUT2D eigenvalue weighted by molar-refractivity contribution is 7.91. The first-order valence-corrected chi connectivity index (χ1v) is 10.6. The zero-order valence-electron chi connectivity index (χ0n) is 13.3. The minimum absolute atomic E-state index is 0.149. The molecular weight excluding hydrogens is 403 g/mol. The van der Waals surface area contributed by atoms with Crippen LogP contribution in [0.2, 0.25) is 9.36 Å². The van der Waals surface area contributed by atoms with E-state index in [0.29, 0.717) is 34.4 Å². The van der Waals surface area contributed by atoms with Gasteiger partial charge in [0.2, 0.25) is 5.91 Å². The fourth-order valence-corrected chi connectivity index (χ4v) is 6.19. The lowest BCUT2D eigenvalue weighted by Crippen LogP contribution is -2.42. The fraction of sp³-hybridized carbons (Fsp3) is 0.312. The quantitative estimate of drug-likeness (QED) is 0.810. The monoisotopic (exact) mass is 418 g/mol. The van der Waals surface area contributed by atoms with Crippen LogP contribution in [-0.2, 0) is 14.8 Å². The first-order valence-electron chi connectivity index (χ1n) is 7.63. The third kappa shape index (κ3) is 3.85. The van der Waals surface area contributed by atoms with Gasteiger partial charge in [0, 0.05) is 17.3 Å². The second-order valence-electron chi connectivity index (χ2n) is 5.79. The third-order valence-corrected chi connectivity index (χ3v) is 8.07. The van der Waals surface area contributed by atoms with Crippen LogP contribution in [0, 0.1) is 6.92 Å². The number of anilines is 1. The number of thiophene rings is 1. The summed E-state index contributed by atoms with van der Waals surface area (Å²) in [5.41, 5.74) is 1.45. The summed E-state index contributed by atoms with van der Waals surface area (Å²) in [6, 6.07) is 7.46. The lowest BCUT2D eigenvalue weighted by atomic mass is 10.2. The average Bonchev–Trinajstić information content (AvgIpc) is 3.20. The van der Waals surface area contributed by atoms with Crippen LogP contribution in [0.1, 0.15) is 18.4 Å². The molecule has 2 aromatic rings. The standard InChI is InChI=1S/C16H16Cl2N2O3S2/c1-10-4-5-11(9-12(10)17)19-16(21)13-3-2-8-20(13)25(22,23)15-7-6-14(18)24-15/h4-7,9,13H,2-3,8H2,1H3,(H,19,21)/t13-/m0/s1. The second kappa shape index (κ2) is 7.25. The Kier molecular flexibility index (Phi) is 5.41. The van der Waals surface area contributed by atoms with Crippen LogP contribution in [0.5, 0.6) is 0 Å². The van der Waals surface area contributed by atoms with Gasteiger partial charge in [-0.3, -0.25) is 4.79 Å². The molecule has 0 unspecified atom stereocenters. The van der Waals surface area contributed by atoms with Gasteiger partial charge in [-0.2, -0.15) is 4.31 Å². The average molecular weight is 419 g/mol. The highest BCUT2D eigenvalue weighted by Gasteiger charge is 2.40. The topological polar surface area (TPSA) is 66.5 Å². The molecule has 1 N–H and O–H groups in total. The van der Waals surface area contributed by atoms with E-state index >= 15 is 0 Å². The Hall–Kier alpha value is -1.12. The number of hydrogen-bond donors (Lipinski definition) is 1. The third-order valence-electron chi connectivity index (χ3n) is 4.06. The maximum absolute atomic E-state index is 12.8. The molecular formula is C16H16Cl2N2O3S2. The van der Waals surface area contributed by atoms with E-state index in [0.717, 1.165) is 16.9 Å². The van der Waals surface area contributed by atoms with Crippen molar-refractivity contribution in [2.75, 3.05) is 11.9 Å². The van der Waals surface area contributed by atoms with Gasteiger partial charge in [-0.05, 0) is 49.6 Å². The van der Waals surface area contributed by atoms with E-state index in [2.05, 4.69) is 5.32 Å². The van der Waals surface area contributed by atoms with Gasteiger partial charge >= 0.3 is 0 Å². The van der Waals surface area contributed by atoms with Gasteiger partial charge in [-0.25, -0.2) is 8.42 Å². The number of sulfonamides is 1. The summed E-state index contributed by atoms with van der Waals surface area (Å²) in [5.74, 6) is -0.358. The number of rotatable bonds is 4. The van der Waals surface area contributed by atoms with Crippen molar-refractivity contribution in [2.45, 2.75) is 30.0 Å². The molecule has 25 heavy (non-hydrogen) atoms. The zero-order valence-corrected chi connectivity index (χ0v) is 16.5. The van der Waals surface area contributed by atoms with Crippen molar-refractivity contribution in [3.8, 4) is 0 Å². The van der Waals surface area contributed by atoms with E-state index in [4.69, 9.17) is 23.2 Å². The number of hydrogen-bond acceptors (Lipinski definition) is 4. The van der Waals surface area contributed by atoms with Crippen LogP contribution < -0.4 is 5.32 Å². The fourth-order valence-electron chi connectivity index (χ4n) is 2.74. The molecule has 1 aromatic heterocycles. The summed E-state index contributed by atoms with van der Waals surface area (Å²) in [6.07, 6.45) is 1.11. The minimum Gasteiger partial charge on any atom is -0.325 e. The van der Waals surface area contributed by atoms with Crippen LogP contribution in [0.3, 0.4) is 0 Å². The van der Waals surface area contributed by atoms with Gasteiger partial charge < -0.3 is 5.32 Å². The molecule has 1 fully saturated rings. The largest absolute Gasteiger partial charge is 0.325 e. The highest BCUT2D eigenvalue weighted by Crippen LogP contribution is 2.32. The number of halogens is 2. The molecule has 1 aliphatic rings. The van der Waals surface area contributed by atoms with Crippen LogP contribution >= 0.6 is 34.5 Å². The Morgan fingerprint density at radius 2 is 2.04 bits per heavy atom. The molecule has 1 amide bonds. The molecule has 2 heterocycles. The van der Waals surface area contributed by atoms with Crippen molar-refractivity contribution >= 4 is 56.2 Å². The SMILES string of the molecule is Cc1ccc(NC(=O)[C@@H]2CCCN2S(=O)(=O)c2ccc(Cl)s2)cc1Cl. The number of nitrogens with zero attached hydrogens (tertiary/aromatic N) is 1. The van der Waals surface area contributed by atoms with Crippen molar-refractivity contribution in [1.29, 1.82) is 0 Å². The first kappa shape index (κ1) is 18.7. The van der Waals surface area contributed by atoms with E-state index in [9.17, 15) is 13.2 Å². The van der Waals surface area contributed by atoms with Crippen molar-refractivity contribution < 1.29 is 13.2 Å². The minimum atomic E-state index is -3.74. The van der Waals surface area contributed by atoms with E-state index in [1.165, 1.54) is 10.4 Å². The van der Waals surface area contributed by atoms with E-state index in [1.807, 2.05) is 6.92 Å². The molecule has 134 valence electrons. The van der Waals surface area contributed by atoms with E-state index in [-0.39, 0.29) is 10.1 Å². The molecule has 1 aliphatic heterocycles. The maximum Gasteiger partial charge on any atom is 0.253 e. The van der Waals surface area contributed by atoms with Gasteiger partial charge in [0.15, 0.2) is 0 Å². The molecule has 5 nitrogen and oxygen atoms in total. The normalized spacial score (nSPS) is 18.4. The van der Waals surface area contributed by atoms with Crippen molar-refractivity contribution in [2.24, 2.45) is 0 Å². The van der Waals surface area contributed by atoms with Crippen molar-refractivity contribution in [1.82, 2.24) is 4.31 Å². The number of aryl methyl sites for hydroxylation is 1. The first-order chi connectivity index (χ1) is 11.8. The molecule has 1 saturated heterocycles. The lowest BCUT2D eigenvalue weighted by molar-refractivity contribution is -0.119. The van der Waals surface area contributed by atoms with E-state index in [1.54, 1.807) is 24.3 Å².